The van der Waals surface area contributed by atoms with Crippen molar-refractivity contribution in [3.05, 3.63) is 30.1 Å². The molecule has 2 aliphatic carbocycles. The van der Waals surface area contributed by atoms with Crippen molar-refractivity contribution >= 4 is 11.6 Å². The molecule has 0 heterocycles. The van der Waals surface area contributed by atoms with E-state index in [1.807, 2.05) is 0 Å². The van der Waals surface area contributed by atoms with Crippen LogP contribution in [0.2, 0.25) is 0 Å². The van der Waals surface area contributed by atoms with Gasteiger partial charge in [-0.25, -0.2) is 4.39 Å². The molecule has 0 aliphatic heterocycles. The number of anilines is 1. The van der Waals surface area contributed by atoms with Gasteiger partial charge in [-0.1, -0.05) is 6.07 Å². The number of amides is 1. The molecule has 0 aromatic heterocycles. The molecule has 3 nitrogen and oxygen atoms in total. The molecule has 0 radical (unpaired) electrons. The average molecular weight is 248 g/mol. The van der Waals surface area contributed by atoms with Crippen molar-refractivity contribution in [3.8, 4) is 0 Å². The summed E-state index contributed by atoms with van der Waals surface area (Å²) in [5, 5.41) is 3.21. The van der Waals surface area contributed by atoms with Crippen molar-refractivity contribution in [2.45, 2.75) is 31.2 Å². The first-order valence-electron chi connectivity index (χ1n) is 6.44. The number of halogens is 1. The Bertz CT molecular complexity index is 490. The molecule has 0 saturated heterocycles. The highest BCUT2D eigenvalue weighted by Crippen LogP contribution is 2.51. The van der Waals surface area contributed by atoms with E-state index in [0.29, 0.717) is 17.5 Å². The third-order valence-corrected chi connectivity index (χ3v) is 4.48. The van der Waals surface area contributed by atoms with Crippen molar-refractivity contribution in [2.75, 3.05) is 5.32 Å². The third-order valence-electron chi connectivity index (χ3n) is 4.48. The van der Waals surface area contributed by atoms with Crippen molar-refractivity contribution in [2.24, 2.45) is 17.6 Å². The Labute approximate surface area is 106 Å². The van der Waals surface area contributed by atoms with Gasteiger partial charge in [-0.2, -0.15) is 0 Å². The van der Waals surface area contributed by atoms with Crippen LogP contribution in [0.4, 0.5) is 10.1 Å². The molecule has 2 aliphatic rings. The molecule has 18 heavy (non-hydrogen) atoms. The van der Waals surface area contributed by atoms with Gasteiger partial charge in [0, 0.05) is 5.69 Å². The van der Waals surface area contributed by atoms with Crippen LogP contribution >= 0.6 is 0 Å². The van der Waals surface area contributed by atoms with Gasteiger partial charge in [0.1, 0.15) is 11.4 Å². The molecule has 1 amide bonds. The standard InChI is InChI=1S/C14H17FN2O/c15-11-2-1-3-12(7-11)17-14(13(16)18)8-9-4-5-10(14)6-9/h1-3,7,9-10,17H,4-6,8H2,(H2,16,18). The quantitative estimate of drug-likeness (QED) is 0.862. The molecular weight excluding hydrogens is 231 g/mol. The van der Waals surface area contributed by atoms with Crippen LogP contribution in [0.15, 0.2) is 24.3 Å². The van der Waals surface area contributed by atoms with Crippen molar-refractivity contribution < 1.29 is 9.18 Å². The number of primary amides is 1. The summed E-state index contributed by atoms with van der Waals surface area (Å²) in [6, 6.07) is 6.22. The maximum Gasteiger partial charge on any atom is 0.243 e. The van der Waals surface area contributed by atoms with Gasteiger partial charge in [-0.3, -0.25) is 4.79 Å². The number of hydrogen-bond acceptors (Lipinski definition) is 2. The zero-order valence-corrected chi connectivity index (χ0v) is 10.2. The lowest BCUT2D eigenvalue weighted by Crippen LogP contribution is -2.54. The predicted molar refractivity (Wildman–Crippen MR) is 67.4 cm³/mol. The Morgan fingerprint density at radius 3 is 2.83 bits per heavy atom. The number of benzene rings is 1. The first kappa shape index (κ1) is 11.5. The summed E-state index contributed by atoms with van der Waals surface area (Å²) in [5.74, 6) is 0.272. The largest absolute Gasteiger partial charge is 0.371 e. The lowest BCUT2D eigenvalue weighted by atomic mass is 9.80. The van der Waals surface area contributed by atoms with Gasteiger partial charge in [0.05, 0.1) is 0 Å². The number of carbonyl (C=O) groups is 1. The first-order chi connectivity index (χ1) is 8.60. The van der Waals surface area contributed by atoms with Crippen molar-refractivity contribution in [1.82, 2.24) is 0 Å². The molecule has 2 bridgehead atoms. The summed E-state index contributed by atoms with van der Waals surface area (Å²) in [4.78, 5) is 11.9. The lowest BCUT2D eigenvalue weighted by Gasteiger charge is -2.36. The normalized spacial score (nSPS) is 33.6. The molecule has 96 valence electrons. The molecule has 3 atom stereocenters. The highest BCUT2D eigenvalue weighted by molar-refractivity contribution is 5.89. The van der Waals surface area contributed by atoms with Gasteiger partial charge in [-0.15, -0.1) is 0 Å². The third kappa shape index (κ3) is 1.67. The lowest BCUT2D eigenvalue weighted by molar-refractivity contribution is -0.123. The number of nitrogens with one attached hydrogen (secondary N) is 1. The number of fused-ring (bicyclic) bond motifs is 2. The van der Waals surface area contributed by atoms with E-state index in [-0.39, 0.29) is 11.7 Å². The Morgan fingerprint density at radius 1 is 1.44 bits per heavy atom. The SMILES string of the molecule is NC(=O)C1(Nc2cccc(F)c2)CC2CCC1C2. The van der Waals surface area contributed by atoms with Gasteiger partial charge in [-0.05, 0) is 55.7 Å². The number of nitrogens with two attached hydrogens (primary N) is 1. The summed E-state index contributed by atoms with van der Waals surface area (Å²) < 4.78 is 13.2. The molecular formula is C14H17FN2O. The van der Waals surface area contributed by atoms with E-state index in [9.17, 15) is 9.18 Å². The second kappa shape index (κ2) is 3.97. The van der Waals surface area contributed by atoms with Crippen LogP contribution in [0.25, 0.3) is 0 Å². The first-order valence-corrected chi connectivity index (χ1v) is 6.44. The molecule has 3 N–H and O–H groups in total. The van der Waals surface area contributed by atoms with Crippen LogP contribution in [0, 0.1) is 17.7 Å². The Hall–Kier alpha value is -1.58. The van der Waals surface area contributed by atoms with Crippen LogP contribution in [-0.2, 0) is 4.79 Å². The van der Waals surface area contributed by atoms with E-state index in [1.165, 1.54) is 18.6 Å². The van der Waals surface area contributed by atoms with Gasteiger partial charge < -0.3 is 11.1 Å². The maximum atomic E-state index is 13.2. The molecule has 1 aromatic carbocycles. The molecule has 1 aromatic rings. The fourth-order valence-electron chi connectivity index (χ4n) is 3.67. The Kier molecular flexibility index (Phi) is 2.54. The monoisotopic (exact) mass is 248 g/mol. The smallest absolute Gasteiger partial charge is 0.243 e. The fraction of sp³-hybridized carbons (Fsp3) is 0.500. The van der Waals surface area contributed by atoms with E-state index in [1.54, 1.807) is 12.1 Å². The second-order valence-corrected chi connectivity index (χ2v) is 5.55. The summed E-state index contributed by atoms with van der Waals surface area (Å²) >= 11 is 0. The van der Waals surface area contributed by atoms with Crippen LogP contribution in [0.5, 0.6) is 0 Å². The summed E-state index contributed by atoms with van der Waals surface area (Å²) in [7, 11) is 0. The minimum Gasteiger partial charge on any atom is -0.371 e. The highest BCUT2D eigenvalue weighted by atomic mass is 19.1. The van der Waals surface area contributed by atoms with Gasteiger partial charge in [0.15, 0.2) is 0 Å². The second-order valence-electron chi connectivity index (χ2n) is 5.55. The van der Waals surface area contributed by atoms with Crippen molar-refractivity contribution in [3.63, 3.8) is 0 Å². The van der Waals surface area contributed by atoms with E-state index >= 15 is 0 Å². The molecule has 4 heteroatoms. The number of rotatable bonds is 3. The minimum atomic E-state index is -0.670. The maximum absolute atomic E-state index is 13.2. The van der Waals surface area contributed by atoms with E-state index in [4.69, 9.17) is 5.73 Å². The van der Waals surface area contributed by atoms with Crippen molar-refractivity contribution in [1.29, 1.82) is 0 Å². The van der Waals surface area contributed by atoms with Gasteiger partial charge in [0.2, 0.25) is 5.91 Å². The van der Waals surface area contributed by atoms with Crippen LogP contribution in [0.3, 0.4) is 0 Å². The summed E-state index contributed by atoms with van der Waals surface area (Å²) in [5.41, 5.74) is 5.58. The average Bonchev–Trinajstić information content (AvgIpc) is 2.89. The zero-order valence-electron chi connectivity index (χ0n) is 10.2. The van der Waals surface area contributed by atoms with E-state index in [2.05, 4.69) is 5.32 Å². The summed E-state index contributed by atoms with van der Waals surface area (Å²) in [6.45, 7) is 0. The Balaban J connectivity index is 1.90. The zero-order chi connectivity index (χ0) is 12.8. The number of hydrogen-bond donors (Lipinski definition) is 2. The molecule has 2 fully saturated rings. The van der Waals surface area contributed by atoms with Gasteiger partial charge in [0.25, 0.3) is 0 Å². The topological polar surface area (TPSA) is 55.1 Å². The number of carbonyl (C=O) groups excluding carboxylic acids is 1. The predicted octanol–water partition coefficient (Wildman–Crippen LogP) is 2.28. The van der Waals surface area contributed by atoms with Gasteiger partial charge >= 0.3 is 0 Å². The molecule has 0 spiro atoms. The van der Waals surface area contributed by atoms with E-state index < -0.39 is 5.54 Å². The molecule has 2 saturated carbocycles. The van der Waals surface area contributed by atoms with Crippen LogP contribution in [0.1, 0.15) is 25.7 Å². The van der Waals surface area contributed by atoms with Crippen LogP contribution < -0.4 is 11.1 Å². The van der Waals surface area contributed by atoms with Crippen LogP contribution in [-0.4, -0.2) is 11.4 Å². The molecule has 3 rings (SSSR count). The fourth-order valence-corrected chi connectivity index (χ4v) is 3.67. The summed E-state index contributed by atoms with van der Waals surface area (Å²) in [6.07, 6.45) is 4.06. The minimum absolute atomic E-state index is 0.295. The highest BCUT2D eigenvalue weighted by Gasteiger charge is 2.54. The molecule has 3 unspecified atom stereocenters. The Morgan fingerprint density at radius 2 is 2.28 bits per heavy atom. The van der Waals surface area contributed by atoms with E-state index in [0.717, 1.165) is 19.3 Å².